The molecule has 40 heavy (non-hydrogen) atoms. The summed E-state index contributed by atoms with van der Waals surface area (Å²) in [6.07, 6.45) is 0. The zero-order valence-corrected chi connectivity index (χ0v) is 20.6. The molecule has 0 spiro atoms. The van der Waals surface area contributed by atoms with E-state index in [4.69, 9.17) is 4.42 Å². The Morgan fingerprint density at radius 1 is 0.675 bits per heavy atom. The molecule has 0 bridgehead atoms. The number of carbonyl (C=O) groups excluding carboxylic acids is 3. The Hall–Kier alpha value is -5.97. The van der Waals surface area contributed by atoms with Crippen molar-refractivity contribution in [3.8, 4) is 11.5 Å². The first-order chi connectivity index (χ1) is 19.4. The fourth-order valence-corrected chi connectivity index (χ4v) is 3.88. The predicted molar refractivity (Wildman–Crippen MR) is 145 cm³/mol. The van der Waals surface area contributed by atoms with Gasteiger partial charge in [0.15, 0.2) is 5.78 Å². The summed E-state index contributed by atoms with van der Waals surface area (Å²) >= 11 is 0. The summed E-state index contributed by atoms with van der Waals surface area (Å²) in [4.78, 5) is 49.7. The number of amides is 2. The van der Waals surface area contributed by atoms with Crippen LogP contribution < -0.4 is 10.6 Å². The Morgan fingerprint density at radius 3 is 1.98 bits per heavy atom. The highest BCUT2D eigenvalue weighted by molar-refractivity contribution is 6.19. The molecular weight excluding hydrogens is 514 g/mol. The van der Waals surface area contributed by atoms with Crippen LogP contribution in [-0.4, -0.2) is 32.7 Å². The molecule has 11 nitrogen and oxygen atoms in total. The third-order valence-electron chi connectivity index (χ3n) is 5.84. The molecule has 1 aromatic heterocycles. The number of non-ortho nitro benzene ring substituents is 1. The van der Waals surface area contributed by atoms with Crippen LogP contribution >= 0.6 is 0 Å². The molecule has 196 valence electrons. The minimum absolute atomic E-state index is 0.0477. The molecule has 0 atom stereocenters. The first-order valence-electron chi connectivity index (χ1n) is 11.9. The Morgan fingerprint density at radius 2 is 1.27 bits per heavy atom. The van der Waals surface area contributed by atoms with Crippen LogP contribution in [0.1, 0.15) is 36.6 Å². The van der Waals surface area contributed by atoms with Crippen molar-refractivity contribution in [2.24, 2.45) is 0 Å². The minimum Gasteiger partial charge on any atom is -0.403 e. The molecule has 2 N–H and O–H groups in total. The zero-order valence-electron chi connectivity index (χ0n) is 20.6. The zero-order chi connectivity index (χ0) is 28.1. The van der Waals surface area contributed by atoms with Crippen molar-refractivity contribution in [1.29, 1.82) is 0 Å². The summed E-state index contributed by atoms with van der Waals surface area (Å²) in [7, 11) is 0. The number of benzene rings is 4. The number of anilines is 2. The van der Waals surface area contributed by atoms with E-state index < -0.39 is 16.7 Å². The highest BCUT2D eigenvalue weighted by atomic mass is 16.6. The lowest BCUT2D eigenvalue weighted by atomic mass is 9.98. The Balaban J connectivity index is 1.33. The van der Waals surface area contributed by atoms with Gasteiger partial charge in [-0.3, -0.25) is 29.8 Å². The number of nitrogens with zero attached hydrogens (tertiary/aromatic N) is 3. The number of rotatable bonds is 8. The number of carbonyl (C=O) groups is 3. The summed E-state index contributed by atoms with van der Waals surface area (Å²) in [6.45, 7) is 0. The van der Waals surface area contributed by atoms with Crippen LogP contribution in [-0.2, 0) is 0 Å². The first-order valence-corrected chi connectivity index (χ1v) is 11.9. The monoisotopic (exact) mass is 533 g/mol. The molecule has 0 aliphatic carbocycles. The molecule has 0 aliphatic heterocycles. The largest absolute Gasteiger partial charge is 0.403 e. The third kappa shape index (κ3) is 5.48. The van der Waals surface area contributed by atoms with Crippen molar-refractivity contribution in [3.05, 3.63) is 135 Å². The number of nitro benzene ring substituents is 1. The smallest absolute Gasteiger partial charge is 0.322 e. The first kappa shape index (κ1) is 25.7. The lowest BCUT2D eigenvalue weighted by Crippen LogP contribution is -2.20. The highest BCUT2D eigenvalue weighted by Gasteiger charge is 2.21. The van der Waals surface area contributed by atoms with E-state index in [0.717, 1.165) is 0 Å². The average molecular weight is 534 g/mol. The van der Waals surface area contributed by atoms with Crippen molar-refractivity contribution < 1.29 is 23.7 Å². The molecule has 0 radical (unpaired) electrons. The van der Waals surface area contributed by atoms with Crippen LogP contribution in [0.15, 0.2) is 108 Å². The second kappa shape index (κ2) is 11.2. The van der Waals surface area contributed by atoms with Gasteiger partial charge >= 0.3 is 6.01 Å². The average Bonchev–Trinajstić information content (AvgIpc) is 3.46. The number of nitrogens with one attached hydrogen (secondary N) is 2. The number of hydrogen-bond acceptors (Lipinski definition) is 8. The molecule has 0 aliphatic rings. The van der Waals surface area contributed by atoms with Gasteiger partial charge in [0, 0.05) is 28.8 Å². The second-order valence-corrected chi connectivity index (χ2v) is 8.41. The molecule has 5 rings (SSSR count). The minimum atomic E-state index is -0.636. The lowest BCUT2D eigenvalue weighted by Gasteiger charge is -2.12. The fraction of sp³-hybridized carbons (Fsp3) is 0. The summed E-state index contributed by atoms with van der Waals surface area (Å²) < 4.78 is 5.49. The van der Waals surface area contributed by atoms with Gasteiger partial charge in [-0.1, -0.05) is 65.8 Å². The second-order valence-electron chi connectivity index (χ2n) is 8.41. The van der Waals surface area contributed by atoms with Crippen LogP contribution in [0.4, 0.5) is 17.4 Å². The Kier molecular flexibility index (Phi) is 7.18. The Labute approximate surface area is 226 Å². The van der Waals surface area contributed by atoms with Crippen molar-refractivity contribution in [2.75, 3.05) is 10.6 Å². The van der Waals surface area contributed by atoms with Gasteiger partial charge in [-0.25, -0.2) is 0 Å². The maximum Gasteiger partial charge on any atom is 0.322 e. The Bertz CT molecular complexity index is 1730. The van der Waals surface area contributed by atoms with Crippen molar-refractivity contribution in [3.63, 3.8) is 0 Å². The molecule has 4 aromatic carbocycles. The standard InChI is InChI=1S/C29H19N5O6/c35-25(18-8-2-1-3-9-18)21-10-4-5-11-22(21)26(36)30-24-13-7-6-12-23(24)27(37)31-29-33-32-28(40-29)19-14-16-20(17-15-19)34(38)39/h1-17H,(H,30,36)(H,31,33,37). The molecule has 5 aromatic rings. The van der Waals surface area contributed by atoms with E-state index >= 15 is 0 Å². The highest BCUT2D eigenvalue weighted by Crippen LogP contribution is 2.24. The van der Waals surface area contributed by atoms with Gasteiger partial charge in [0.25, 0.3) is 17.5 Å². The van der Waals surface area contributed by atoms with E-state index in [-0.39, 0.29) is 45.8 Å². The van der Waals surface area contributed by atoms with Gasteiger partial charge in [0.1, 0.15) is 0 Å². The number of para-hydroxylation sites is 1. The van der Waals surface area contributed by atoms with Crippen LogP contribution in [0.5, 0.6) is 0 Å². The fourth-order valence-electron chi connectivity index (χ4n) is 3.88. The summed E-state index contributed by atoms with van der Waals surface area (Å²) in [5.41, 5.74) is 1.45. The summed E-state index contributed by atoms with van der Waals surface area (Å²) in [5.74, 6) is -1.47. The topological polar surface area (TPSA) is 157 Å². The van der Waals surface area contributed by atoms with Crippen LogP contribution in [0, 0.1) is 10.1 Å². The predicted octanol–water partition coefficient (Wildman–Crippen LogP) is 5.38. The molecule has 0 saturated heterocycles. The molecule has 2 amide bonds. The maximum atomic E-state index is 13.3. The summed E-state index contributed by atoms with van der Waals surface area (Å²) in [5, 5.41) is 23.7. The van der Waals surface area contributed by atoms with Gasteiger partial charge in [-0.2, -0.15) is 0 Å². The molecule has 0 unspecified atom stereocenters. The van der Waals surface area contributed by atoms with Gasteiger partial charge in [-0.05, 0) is 30.3 Å². The quantitative estimate of drug-likeness (QED) is 0.153. The van der Waals surface area contributed by atoms with Gasteiger partial charge in [-0.15, -0.1) is 5.10 Å². The SMILES string of the molecule is O=C(Nc1nnc(-c2ccc([N+](=O)[O-])cc2)o1)c1ccccc1NC(=O)c1ccccc1C(=O)c1ccccc1. The number of ketones is 1. The van der Waals surface area contributed by atoms with Gasteiger partial charge < -0.3 is 9.73 Å². The van der Waals surface area contributed by atoms with E-state index in [1.807, 2.05) is 0 Å². The lowest BCUT2D eigenvalue weighted by molar-refractivity contribution is -0.384. The molecule has 1 heterocycles. The van der Waals surface area contributed by atoms with E-state index in [9.17, 15) is 24.5 Å². The van der Waals surface area contributed by atoms with Gasteiger partial charge in [0.2, 0.25) is 5.89 Å². The number of hydrogen-bond donors (Lipinski definition) is 2. The van der Waals surface area contributed by atoms with E-state index in [1.165, 1.54) is 36.4 Å². The van der Waals surface area contributed by atoms with Crippen molar-refractivity contribution in [1.82, 2.24) is 10.2 Å². The van der Waals surface area contributed by atoms with Crippen molar-refractivity contribution >= 4 is 35.0 Å². The third-order valence-corrected chi connectivity index (χ3v) is 5.84. The molecular formula is C29H19N5O6. The number of aromatic nitrogens is 2. The van der Waals surface area contributed by atoms with Gasteiger partial charge in [0.05, 0.1) is 21.7 Å². The molecule has 0 saturated carbocycles. The maximum absolute atomic E-state index is 13.3. The number of nitro groups is 1. The normalized spacial score (nSPS) is 10.5. The van der Waals surface area contributed by atoms with E-state index in [0.29, 0.717) is 11.1 Å². The van der Waals surface area contributed by atoms with Crippen molar-refractivity contribution in [2.45, 2.75) is 0 Å². The van der Waals surface area contributed by atoms with Crippen LogP contribution in [0.25, 0.3) is 11.5 Å². The van der Waals surface area contributed by atoms with Crippen LogP contribution in [0.2, 0.25) is 0 Å². The molecule has 11 heteroatoms. The summed E-state index contributed by atoms with van der Waals surface area (Å²) in [6, 6.07) is 26.6. The van der Waals surface area contributed by atoms with E-state index in [2.05, 4.69) is 20.8 Å². The van der Waals surface area contributed by atoms with Crippen LogP contribution in [0.3, 0.4) is 0 Å². The van der Waals surface area contributed by atoms with E-state index in [1.54, 1.807) is 66.7 Å². The molecule has 0 fully saturated rings.